The molecule has 0 aromatic heterocycles. The first-order chi connectivity index (χ1) is 15.6. The van der Waals surface area contributed by atoms with Crippen molar-refractivity contribution in [2.24, 2.45) is 11.8 Å². The Balaban J connectivity index is 1.30. The van der Waals surface area contributed by atoms with Crippen LogP contribution in [0.3, 0.4) is 0 Å². The molecule has 0 radical (unpaired) electrons. The molecule has 2 atom stereocenters. The van der Waals surface area contributed by atoms with E-state index in [1.54, 1.807) is 0 Å². The zero-order valence-corrected chi connectivity index (χ0v) is 17.3. The third-order valence-corrected chi connectivity index (χ3v) is 7.07. The predicted molar refractivity (Wildman–Crippen MR) is 117 cm³/mol. The Bertz CT molecular complexity index is 1140. The molecule has 5 nitrogen and oxygen atoms in total. The van der Waals surface area contributed by atoms with Crippen molar-refractivity contribution >= 4 is 17.8 Å². The summed E-state index contributed by atoms with van der Waals surface area (Å²) < 4.78 is 5.35. The molecule has 2 bridgehead atoms. The van der Waals surface area contributed by atoms with Crippen molar-refractivity contribution in [3.63, 3.8) is 0 Å². The first kappa shape index (κ1) is 19.0. The summed E-state index contributed by atoms with van der Waals surface area (Å²) in [7, 11) is 0. The fraction of sp³-hybridized carbons (Fsp3) is 0.222. The first-order valence-corrected chi connectivity index (χ1v) is 10.9. The Morgan fingerprint density at radius 2 is 1.12 bits per heavy atom. The van der Waals surface area contributed by atoms with Crippen LogP contribution in [0.1, 0.15) is 39.7 Å². The van der Waals surface area contributed by atoms with Gasteiger partial charge in [0.1, 0.15) is 13.2 Å². The standard InChI is InChI=1S/C27H21NO4/c29-21(32-15-16-8-2-1-3-9-16)14-28-26(30)24-22-17-10-4-5-11-18(17)23(25(24)27(28)31)20-13-7-6-12-19(20)22/h1-13,22-25H,14-15H2. The van der Waals surface area contributed by atoms with Crippen molar-refractivity contribution in [1.29, 1.82) is 0 Å². The minimum absolute atomic E-state index is 0.116. The van der Waals surface area contributed by atoms with E-state index in [1.807, 2.05) is 54.6 Å². The molecular formula is C27H21NO4. The Labute approximate surface area is 185 Å². The average molecular weight is 423 g/mol. The van der Waals surface area contributed by atoms with Crippen molar-refractivity contribution in [3.05, 3.63) is 107 Å². The van der Waals surface area contributed by atoms with Gasteiger partial charge >= 0.3 is 5.97 Å². The molecule has 1 heterocycles. The molecule has 1 saturated heterocycles. The smallest absolute Gasteiger partial charge is 0.326 e. The van der Waals surface area contributed by atoms with E-state index in [2.05, 4.69) is 24.3 Å². The zero-order valence-electron chi connectivity index (χ0n) is 17.3. The van der Waals surface area contributed by atoms with Crippen molar-refractivity contribution < 1.29 is 19.1 Å². The molecule has 1 fully saturated rings. The highest BCUT2D eigenvalue weighted by Gasteiger charge is 2.61. The molecule has 32 heavy (non-hydrogen) atoms. The molecule has 3 aromatic rings. The zero-order chi connectivity index (χ0) is 21.8. The monoisotopic (exact) mass is 423 g/mol. The summed E-state index contributed by atoms with van der Waals surface area (Å²) >= 11 is 0. The van der Waals surface area contributed by atoms with E-state index in [-0.39, 0.29) is 36.8 Å². The van der Waals surface area contributed by atoms with Crippen molar-refractivity contribution in [1.82, 2.24) is 4.90 Å². The molecule has 0 saturated carbocycles. The van der Waals surface area contributed by atoms with Gasteiger partial charge in [-0.1, -0.05) is 78.9 Å². The number of benzene rings is 3. The number of hydrogen-bond acceptors (Lipinski definition) is 4. The lowest BCUT2D eigenvalue weighted by Crippen LogP contribution is -2.41. The molecule has 7 rings (SSSR count). The number of hydrogen-bond donors (Lipinski definition) is 0. The number of ether oxygens (including phenoxy) is 1. The van der Waals surface area contributed by atoms with Gasteiger partial charge in [-0.25, -0.2) is 0 Å². The quantitative estimate of drug-likeness (QED) is 0.475. The maximum Gasteiger partial charge on any atom is 0.326 e. The summed E-state index contributed by atoms with van der Waals surface area (Å²) in [6, 6.07) is 25.5. The molecule has 5 heteroatoms. The number of likely N-dealkylation sites (tertiary alicyclic amines) is 1. The SMILES string of the molecule is O=C(CN1C(=O)C2C3c4ccccc4C(c4ccccc43)C2C1=O)OCc1ccccc1. The van der Waals surface area contributed by atoms with Gasteiger partial charge in [0.25, 0.3) is 0 Å². The van der Waals surface area contributed by atoms with Crippen LogP contribution in [-0.4, -0.2) is 29.2 Å². The van der Waals surface area contributed by atoms with Crippen LogP contribution in [0.2, 0.25) is 0 Å². The summed E-state index contributed by atoms with van der Waals surface area (Å²) in [6.07, 6.45) is 0. The Kier molecular flexibility index (Phi) is 4.25. The van der Waals surface area contributed by atoms with Crippen molar-refractivity contribution in [3.8, 4) is 0 Å². The number of amides is 2. The van der Waals surface area contributed by atoms with Crippen LogP contribution >= 0.6 is 0 Å². The molecule has 3 aliphatic carbocycles. The number of esters is 1. The van der Waals surface area contributed by atoms with E-state index in [4.69, 9.17) is 4.74 Å². The van der Waals surface area contributed by atoms with Gasteiger partial charge in [-0.05, 0) is 27.8 Å². The third-order valence-electron chi connectivity index (χ3n) is 7.07. The normalized spacial score (nSPS) is 24.7. The van der Waals surface area contributed by atoms with Crippen LogP contribution in [0.25, 0.3) is 0 Å². The minimum Gasteiger partial charge on any atom is -0.459 e. The molecule has 2 unspecified atom stereocenters. The molecular weight excluding hydrogens is 402 g/mol. The molecule has 2 amide bonds. The lowest BCUT2D eigenvalue weighted by molar-refractivity contribution is -0.153. The number of carbonyl (C=O) groups is 3. The van der Waals surface area contributed by atoms with Gasteiger partial charge in [-0.2, -0.15) is 0 Å². The molecule has 4 aliphatic rings. The van der Waals surface area contributed by atoms with E-state index < -0.39 is 17.8 Å². The lowest BCUT2D eigenvalue weighted by atomic mass is 9.55. The highest BCUT2D eigenvalue weighted by atomic mass is 16.5. The van der Waals surface area contributed by atoms with E-state index in [0.717, 1.165) is 32.7 Å². The van der Waals surface area contributed by atoms with Gasteiger partial charge in [0, 0.05) is 11.8 Å². The maximum absolute atomic E-state index is 13.5. The summed E-state index contributed by atoms with van der Waals surface area (Å²) in [5, 5.41) is 0. The van der Waals surface area contributed by atoms with Gasteiger partial charge < -0.3 is 4.74 Å². The van der Waals surface area contributed by atoms with Gasteiger partial charge in [-0.15, -0.1) is 0 Å². The van der Waals surface area contributed by atoms with Crippen LogP contribution in [0.15, 0.2) is 78.9 Å². The predicted octanol–water partition coefficient (Wildman–Crippen LogP) is 3.62. The van der Waals surface area contributed by atoms with Gasteiger partial charge in [0.15, 0.2) is 0 Å². The van der Waals surface area contributed by atoms with E-state index in [1.165, 1.54) is 0 Å². The topological polar surface area (TPSA) is 63.7 Å². The van der Waals surface area contributed by atoms with Gasteiger partial charge in [0.05, 0.1) is 11.8 Å². The molecule has 0 N–H and O–H groups in total. The fourth-order valence-electron chi connectivity index (χ4n) is 5.81. The average Bonchev–Trinajstić information content (AvgIpc) is 3.09. The Morgan fingerprint density at radius 1 is 0.688 bits per heavy atom. The summed E-state index contributed by atoms with van der Waals surface area (Å²) in [5.41, 5.74) is 5.33. The molecule has 1 aliphatic heterocycles. The van der Waals surface area contributed by atoms with E-state index in [9.17, 15) is 14.4 Å². The van der Waals surface area contributed by atoms with Crippen molar-refractivity contribution in [2.45, 2.75) is 18.4 Å². The summed E-state index contributed by atoms with van der Waals surface area (Å²) in [5.74, 6) is -2.39. The van der Waals surface area contributed by atoms with Crippen LogP contribution in [-0.2, 0) is 25.7 Å². The maximum atomic E-state index is 13.5. The highest BCUT2D eigenvalue weighted by molar-refractivity contribution is 6.09. The minimum atomic E-state index is -0.573. The second kappa shape index (κ2) is 7.16. The highest BCUT2D eigenvalue weighted by Crippen LogP contribution is 2.60. The van der Waals surface area contributed by atoms with Crippen LogP contribution in [0.5, 0.6) is 0 Å². The van der Waals surface area contributed by atoms with Crippen LogP contribution in [0, 0.1) is 11.8 Å². The number of imide groups is 1. The van der Waals surface area contributed by atoms with Crippen LogP contribution in [0.4, 0.5) is 0 Å². The molecule has 3 aromatic carbocycles. The van der Waals surface area contributed by atoms with Gasteiger partial charge in [0.2, 0.25) is 11.8 Å². The number of nitrogens with zero attached hydrogens (tertiary/aromatic N) is 1. The number of rotatable bonds is 4. The second-order valence-corrected chi connectivity index (χ2v) is 8.67. The fourth-order valence-corrected chi connectivity index (χ4v) is 5.81. The number of carbonyl (C=O) groups excluding carboxylic acids is 3. The lowest BCUT2D eigenvalue weighted by Gasteiger charge is -2.45. The summed E-state index contributed by atoms with van der Waals surface area (Å²) in [6.45, 7) is -0.228. The van der Waals surface area contributed by atoms with E-state index in [0.29, 0.717) is 0 Å². The first-order valence-electron chi connectivity index (χ1n) is 10.9. The second-order valence-electron chi connectivity index (χ2n) is 8.67. The Morgan fingerprint density at radius 3 is 1.59 bits per heavy atom. The molecule has 158 valence electrons. The third kappa shape index (κ3) is 2.67. The summed E-state index contributed by atoms with van der Waals surface area (Å²) in [4.78, 5) is 40.6. The Hall–Kier alpha value is -3.73. The largest absolute Gasteiger partial charge is 0.459 e. The van der Waals surface area contributed by atoms with Crippen molar-refractivity contribution in [2.75, 3.05) is 6.54 Å². The molecule has 0 spiro atoms. The van der Waals surface area contributed by atoms with Gasteiger partial charge in [-0.3, -0.25) is 19.3 Å². The van der Waals surface area contributed by atoms with E-state index >= 15 is 0 Å². The van der Waals surface area contributed by atoms with Crippen LogP contribution < -0.4 is 0 Å².